The van der Waals surface area contributed by atoms with E-state index < -0.39 is 16.0 Å². The van der Waals surface area contributed by atoms with E-state index >= 15 is 0 Å². The Morgan fingerprint density at radius 1 is 1.21 bits per heavy atom. The van der Waals surface area contributed by atoms with E-state index in [0.717, 1.165) is 28.3 Å². The van der Waals surface area contributed by atoms with Crippen LogP contribution in [0.15, 0.2) is 53.9 Å². The molecule has 5 nitrogen and oxygen atoms in total. The monoisotopic (exact) mass is 417 g/mol. The molecular weight excluding hydrogens is 398 g/mol. The summed E-state index contributed by atoms with van der Waals surface area (Å²) in [5.74, 6) is -1.02. The number of aliphatic carboxylic acids is 1. The molecule has 28 heavy (non-hydrogen) atoms. The second kappa shape index (κ2) is 8.31. The predicted octanol–water partition coefficient (Wildman–Crippen LogP) is 3.92. The highest BCUT2D eigenvalue weighted by atomic mass is 35.5. The van der Waals surface area contributed by atoms with Crippen molar-refractivity contribution in [1.82, 2.24) is 4.72 Å². The Kier molecular flexibility index (Phi) is 6.03. The molecule has 0 saturated carbocycles. The number of carboxylic acid groups (broad SMARTS) is 1. The summed E-state index contributed by atoms with van der Waals surface area (Å²) in [7, 11) is -3.64. The van der Waals surface area contributed by atoms with Gasteiger partial charge in [-0.25, -0.2) is 17.9 Å². The van der Waals surface area contributed by atoms with Crippen molar-refractivity contribution >= 4 is 39.7 Å². The third-order valence-electron chi connectivity index (χ3n) is 4.76. The van der Waals surface area contributed by atoms with Gasteiger partial charge in [0.25, 0.3) is 0 Å². The summed E-state index contributed by atoms with van der Waals surface area (Å²) in [4.78, 5) is 11.1. The van der Waals surface area contributed by atoms with E-state index in [-0.39, 0.29) is 10.9 Å². The summed E-state index contributed by atoms with van der Waals surface area (Å²) in [5.41, 5.74) is 3.73. The minimum Gasteiger partial charge on any atom is -0.478 e. The maximum Gasteiger partial charge on any atom is 0.328 e. The van der Waals surface area contributed by atoms with Gasteiger partial charge in [0.1, 0.15) is 0 Å². The van der Waals surface area contributed by atoms with Crippen LogP contribution in [-0.4, -0.2) is 25.5 Å². The molecule has 0 fully saturated rings. The van der Waals surface area contributed by atoms with Crippen molar-refractivity contribution in [2.75, 3.05) is 0 Å². The highest BCUT2D eigenvalue weighted by molar-refractivity contribution is 7.89. The van der Waals surface area contributed by atoms with Crippen LogP contribution in [-0.2, 0) is 27.7 Å². The Hall–Kier alpha value is -2.41. The summed E-state index contributed by atoms with van der Waals surface area (Å²) in [6.45, 7) is 3.79. The molecule has 2 N–H and O–H groups in total. The third-order valence-corrected chi connectivity index (χ3v) is 6.54. The van der Waals surface area contributed by atoms with Crippen LogP contribution in [0.1, 0.15) is 28.7 Å². The lowest BCUT2D eigenvalue weighted by Gasteiger charge is -2.27. The molecule has 0 spiro atoms. The molecule has 0 bridgehead atoms. The zero-order valence-corrected chi connectivity index (χ0v) is 16.6. The fourth-order valence-electron chi connectivity index (χ4n) is 3.43. The first-order valence-electron chi connectivity index (χ1n) is 8.76. The summed E-state index contributed by atoms with van der Waals surface area (Å²) in [6.07, 6.45) is 6.18. The van der Waals surface area contributed by atoms with Crippen LogP contribution in [0.5, 0.6) is 0 Å². The van der Waals surface area contributed by atoms with E-state index in [1.165, 1.54) is 12.1 Å². The van der Waals surface area contributed by atoms with Crippen LogP contribution in [0.25, 0.3) is 12.2 Å². The van der Waals surface area contributed by atoms with Gasteiger partial charge in [0.05, 0.1) is 4.90 Å². The molecular formula is C21H20ClNO4S. The van der Waals surface area contributed by atoms with Gasteiger partial charge in [0.2, 0.25) is 10.0 Å². The maximum absolute atomic E-state index is 12.6. The first-order chi connectivity index (χ1) is 13.3. The molecule has 0 amide bonds. The number of carbonyl (C=O) groups is 1. The number of fused-ring (bicyclic) bond motifs is 1. The fraction of sp³-hybridized carbons (Fsp3) is 0.190. The molecule has 0 aliphatic heterocycles. The van der Waals surface area contributed by atoms with Gasteiger partial charge < -0.3 is 5.11 Å². The Bertz CT molecular complexity index is 1040. The van der Waals surface area contributed by atoms with E-state index in [2.05, 4.69) is 11.3 Å². The van der Waals surface area contributed by atoms with E-state index in [1.54, 1.807) is 24.3 Å². The van der Waals surface area contributed by atoms with Crippen LogP contribution in [0, 0.1) is 0 Å². The lowest BCUT2D eigenvalue weighted by Crippen LogP contribution is -2.39. The molecule has 2 aromatic carbocycles. The lowest BCUT2D eigenvalue weighted by molar-refractivity contribution is -0.131. The number of halogens is 1. The SMILES string of the molecule is C=Cc1ccc2c(c1C=CC(=O)O)CCC(NS(=O)(=O)c1ccc(Cl)cc1)C2. The van der Waals surface area contributed by atoms with E-state index in [4.69, 9.17) is 16.7 Å². The topological polar surface area (TPSA) is 83.5 Å². The number of nitrogens with one attached hydrogen (secondary N) is 1. The summed E-state index contributed by atoms with van der Waals surface area (Å²) < 4.78 is 28.0. The Morgan fingerprint density at radius 2 is 1.93 bits per heavy atom. The van der Waals surface area contributed by atoms with Crippen molar-refractivity contribution in [2.45, 2.75) is 30.2 Å². The molecule has 1 unspecified atom stereocenters. The van der Waals surface area contributed by atoms with Crippen molar-refractivity contribution in [3.8, 4) is 0 Å². The molecule has 0 saturated heterocycles. The summed E-state index contributed by atoms with van der Waals surface area (Å²) in [5, 5.41) is 9.42. The Morgan fingerprint density at radius 3 is 2.57 bits per heavy atom. The second-order valence-corrected chi connectivity index (χ2v) is 8.75. The highest BCUT2D eigenvalue weighted by Gasteiger charge is 2.26. The average Bonchev–Trinajstić information content (AvgIpc) is 2.65. The molecule has 0 aromatic heterocycles. The number of carboxylic acids is 1. The number of hydrogen-bond acceptors (Lipinski definition) is 3. The molecule has 1 atom stereocenters. The van der Waals surface area contributed by atoms with E-state index in [1.807, 2.05) is 12.1 Å². The Labute approximate surface area is 169 Å². The van der Waals surface area contributed by atoms with E-state index in [9.17, 15) is 13.2 Å². The average molecular weight is 418 g/mol. The molecule has 1 aliphatic rings. The lowest BCUT2D eigenvalue weighted by atomic mass is 9.83. The van der Waals surface area contributed by atoms with Gasteiger partial charge in [-0.1, -0.05) is 36.4 Å². The smallest absolute Gasteiger partial charge is 0.328 e. The van der Waals surface area contributed by atoms with Gasteiger partial charge in [-0.15, -0.1) is 0 Å². The van der Waals surface area contributed by atoms with Crippen LogP contribution >= 0.6 is 11.6 Å². The highest BCUT2D eigenvalue weighted by Crippen LogP contribution is 2.29. The Balaban J connectivity index is 1.85. The molecule has 2 aromatic rings. The van der Waals surface area contributed by atoms with Crippen LogP contribution in [0.4, 0.5) is 0 Å². The number of sulfonamides is 1. The second-order valence-electron chi connectivity index (χ2n) is 6.60. The number of benzene rings is 2. The third kappa shape index (κ3) is 4.52. The minimum absolute atomic E-state index is 0.176. The van der Waals surface area contributed by atoms with Gasteiger partial charge in [0, 0.05) is 17.1 Å². The largest absolute Gasteiger partial charge is 0.478 e. The normalized spacial score (nSPS) is 16.7. The molecule has 3 rings (SSSR count). The van der Waals surface area contributed by atoms with Gasteiger partial charge in [-0.05, 0) is 71.9 Å². The van der Waals surface area contributed by atoms with Crippen molar-refractivity contribution in [2.24, 2.45) is 0 Å². The first kappa shape index (κ1) is 20.3. The quantitative estimate of drug-likeness (QED) is 0.698. The van der Waals surface area contributed by atoms with Gasteiger partial charge in [-0.2, -0.15) is 0 Å². The van der Waals surface area contributed by atoms with Crippen LogP contribution in [0.2, 0.25) is 5.02 Å². The number of rotatable bonds is 6. The first-order valence-corrected chi connectivity index (χ1v) is 10.6. The van der Waals surface area contributed by atoms with Crippen molar-refractivity contribution in [1.29, 1.82) is 0 Å². The van der Waals surface area contributed by atoms with Gasteiger partial charge >= 0.3 is 5.97 Å². The summed E-state index contributed by atoms with van der Waals surface area (Å²) in [6, 6.07) is 9.64. The fourth-order valence-corrected chi connectivity index (χ4v) is 4.83. The maximum atomic E-state index is 12.6. The molecule has 0 radical (unpaired) electrons. The minimum atomic E-state index is -3.64. The van der Waals surface area contributed by atoms with Gasteiger partial charge in [0.15, 0.2) is 0 Å². The summed E-state index contributed by atoms with van der Waals surface area (Å²) >= 11 is 5.83. The van der Waals surface area contributed by atoms with Crippen LogP contribution < -0.4 is 4.72 Å². The molecule has 0 heterocycles. The zero-order valence-electron chi connectivity index (χ0n) is 15.1. The van der Waals surface area contributed by atoms with E-state index in [0.29, 0.717) is 24.3 Å². The predicted molar refractivity (Wildman–Crippen MR) is 111 cm³/mol. The standard InChI is InChI=1S/C21H20ClNO4S/c1-2-14-3-4-15-13-17(7-10-20(15)19(14)11-12-21(24)25)23-28(26,27)18-8-5-16(22)6-9-18/h2-6,8-9,11-12,17,23H,1,7,10,13H2,(H,24,25). The number of hydrogen-bond donors (Lipinski definition) is 2. The zero-order chi connectivity index (χ0) is 20.3. The van der Waals surface area contributed by atoms with Crippen molar-refractivity contribution in [3.63, 3.8) is 0 Å². The molecule has 146 valence electrons. The molecule has 1 aliphatic carbocycles. The van der Waals surface area contributed by atoms with Crippen molar-refractivity contribution < 1.29 is 18.3 Å². The van der Waals surface area contributed by atoms with Gasteiger partial charge in [-0.3, -0.25) is 0 Å². The molecule has 7 heteroatoms. The van der Waals surface area contributed by atoms with Crippen LogP contribution in [0.3, 0.4) is 0 Å². The van der Waals surface area contributed by atoms with Crippen molar-refractivity contribution in [3.05, 3.63) is 76.3 Å².